The van der Waals surface area contributed by atoms with Gasteiger partial charge in [0.2, 0.25) is 0 Å². The van der Waals surface area contributed by atoms with Crippen LogP contribution < -0.4 is 4.74 Å². The first-order valence-corrected chi connectivity index (χ1v) is 12.4. The molecule has 2 heterocycles. The van der Waals surface area contributed by atoms with Gasteiger partial charge in [0.1, 0.15) is 5.75 Å². The molecule has 152 valence electrons. The van der Waals surface area contributed by atoms with E-state index in [2.05, 4.69) is 85.8 Å². The Labute approximate surface area is 191 Å². The van der Waals surface area contributed by atoms with Crippen LogP contribution >= 0.6 is 23.5 Å². The van der Waals surface area contributed by atoms with Crippen LogP contribution in [0.3, 0.4) is 0 Å². The normalized spacial score (nSPS) is 19.5. The second-order valence-electron chi connectivity index (χ2n) is 8.12. The molecule has 3 heteroatoms. The van der Waals surface area contributed by atoms with Gasteiger partial charge in [-0.15, -0.1) is 11.8 Å². The van der Waals surface area contributed by atoms with Gasteiger partial charge in [0.05, 0.1) is 7.11 Å². The van der Waals surface area contributed by atoms with Crippen molar-refractivity contribution in [3.8, 4) is 5.75 Å². The minimum atomic E-state index is 0.452. The third-order valence-electron chi connectivity index (χ3n) is 6.24. The summed E-state index contributed by atoms with van der Waals surface area (Å²) >= 11 is 3.85. The van der Waals surface area contributed by atoms with E-state index in [1.54, 1.807) is 7.11 Å². The van der Waals surface area contributed by atoms with Gasteiger partial charge in [-0.3, -0.25) is 0 Å². The number of methoxy groups -OCH3 is 1. The zero-order valence-electron chi connectivity index (χ0n) is 17.5. The summed E-state index contributed by atoms with van der Waals surface area (Å²) in [5.41, 5.74) is 6.87. The summed E-state index contributed by atoms with van der Waals surface area (Å²) < 4.78 is 5.63. The maximum Gasteiger partial charge on any atom is 0.119 e. The fourth-order valence-electron chi connectivity index (χ4n) is 4.80. The van der Waals surface area contributed by atoms with Crippen LogP contribution in [0, 0.1) is 5.92 Å². The van der Waals surface area contributed by atoms with Gasteiger partial charge in [0, 0.05) is 26.0 Å². The average Bonchev–Trinajstić information content (AvgIpc) is 2.82. The summed E-state index contributed by atoms with van der Waals surface area (Å²) in [6, 6.07) is 28.7. The minimum absolute atomic E-state index is 0.452. The number of rotatable bonds is 1. The van der Waals surface area contributed by atoms with Gasteiger partial charge < -0.3 is 4.74 Å². The SMILES string of the molecule is COc1ccc2c(c1)/C(=C1/c3c(ccc4ccccc34)SC[C@@H]1C)c1ccccc1S2. The van der Waals surface area contributed by atoms with E-state index in [0.717, 1.165) is 11.5 Å². The van der Waals surface area contributed by atoms with E-state index < -0.39 is 0 Å². The van der Waals surface area contributed by atoms with Crippen LogP contribution in [0.4, 0.5) is 0 Å². The highest BCUT2D eigenvalue weighted by molar-refractivity contribution is 7.99. The van der Waals surface area contributed by atoms with Gasteiger partial charge in [-0.2, -0.15) is 0 Å². The molecule has 6 rings (SSSR count). The van der Waals surface area contributed by atoms with Crippen LogP contribution in [0.25, 0.3) is 21.9 Å². The maximum atomic E-state index is 5.63. The average molecular weight is 439 g/mol. The van der Waals surface area contributed by atoms with Crippen molar-refractivity contribution in [1.82, 2.24) is 0 Å². The Morgan fingerprint density at radius 2 is 1.58 bits per heavy atom. The molecule has 0 N–H and O–H groups in total. The smallest absolute Gasteiger partial charge is 0.119 e. The Morgan fingerprint density at radius 3 is 2.48 bits per heavy atom. The first-order chi connectivity index (χ1) is 15.2. The number of thioether (sulfide) groups is 1. The predicted octanol–water partition coefficient (Wildman–Crippen LogP) is 8.01. The van der Waals surface area contributed by atoms with Gasteiger partial charge in [0.25, 0.3) is 0 Å². The molecule has 0 saturated carbocycles. The van der Waals surface area contributed by atoms with Crippen molar-refractivity contribution >= 4 is 45.4 Å². The van der Waals surface area contributed by atoms with Crippen molar-refractivity contribution in [2.75, 3.05) is 12.9 Å². The Morgan fingerprint density at radius 1 is 0.806 bits per heavy atom. The lowest BCUT2D eigenvalue weighted by atomic mass is 9.81. The van der Waals surface area contributed by atoms with Crippen LogP contribution in [0.15, 0.2) is 93.5 Å². The van der Waals surface area contributed by atoms with Crippen molar-refractivity contribution in [3.63, 3.8) is 0 Å². The molecule has 31 heavy (non-hydrogen) atoms. The summed E-state index contributed by atoms with van der Waals surface area (Å²) in [5.74, 6) is 2.46. The molecule has 4 aromatic rings. The lowest BCUT2D eigenvalue weighted by Crippen LogP contribution is -2.14. The van der Waals surface area contributed by atoms with Gasteiger partial charge >= 0.3 is 0 Å². The monoisotopic (exact) mass is 438 g/mol. The predicted molar refractivity (Wildman–Crippen MR) is 133 cm³/mol. The summed E-state index contributed by atoms with van der Waals surface area (Å²) in [6.45, 7) is 2.38. The van der Waals surface area contributed by atoms with Crippen LogP contribution in [-0.2, 0) is 0 Å². The molecule has 1 atom stereocenters. The molecule has 0 aliphatic carbocycles. The lowest BCUT2D eigenvalue weighted by molar-refractivity contribution is 0.414. The molecule has 0 unspecified atom stereocenters. The summed E-state index contributed by atoms with van der Waals surface area (Å²) in [6.07, 6.45) is 0. The van der Waals surface area contributed by atoms with Crippen molar-refractivity contribution in [3.05, 3.63) is 95.6 Å². The molecule has 0 bridgehead atoms. The second-order valence-corrected chi connectivity index (χ2v) is 10.3. The largest absolute Gasteiger partial charge is 0.497 e. The number of allylic oxidation sites excluding steroid dienone is 1. The highest BCUT2D eigenvalue weighted by Crippen LogP contribution is 2.54. The Balaban J connectivity index is 1.77. The molecule has 0 saturated heterocycles. The standard InChI is InChI=1S/C28H22OS2/c1-17-16-30-25-13-11-18-7-3-4-8-20(18)28(25)26(17)27-21-9-5-6-10-23(21)31-24-14-12-19(29-2)15-22(24)27/h3-15,17H,16H2,1-2H3/b27-26+/t17-/m0/s1. The van der Waals surface area contributed by atoms with Gasteiger partial charge in [0.15, 0.2) is 0 Å². The highest BCUT2D eigenvalue weighted by Gasteiger charge is 2.31. The Kier molecular flexibility index (Phi) is 4.62. The quantitative estimate of drug-likeness (QED) is 0.262. The van der Waals surface area contributed by atoms with Crippen LogP contribution in [0.1, 0.15) is 23.6 Å². The van der Waals surface area contributed by atoms with E-state index in [9.17, 15) is 0 Å². The Bertz CT molecular complexity index is 1370. The molecule has 0 spiro atoms. The van der Waals surface area contributed by atoms with E-state index in [4.69, 9.17) is 4.74 Å². The summed E-state index contributed by atoms with van der Waals surface area (Å²) in [7, 11) is 1.75. The minimum Gasteiger partial charge on any atom is -0.497 e. The van der Waals surface area contributed by atoms with E-state index in [1.807, 2.05) is 23.5 Å². The molecule has 2 aliphatic rings. The third kappa shape index (κ3) is 3.02. The van der Waals surface area contributed by atoms with E-state index >= 15 is 0 Å². The fourth-order valence-corrected chi connectivity index (χ4v) is 7.00. The van der Waals surface area contributed by atoms with Crippen molar-refractivity contribution in [2.45, 2.75) is 21.6 Å². The first kappa shape index (κ1) is 19.1. The molecular formula is C28H22OS2. The summed E-state index contributed by atoms with van der Waals surface area (Å²) in [5, 5.41) is 2.65. The number of hydrogen-bond acceptors (Lipinski definition) is 3. The van der Waals surface area contributed by atoms with E-state index in [0.29, 0.717) is 5.92 Å². The molecule has 2 aliphatic heterocycles. The molecular weight excluding hydrogens is 416 g/mol. The molecule has 1 nitrogen and oxygen atoms in total. The van der Waals surface area contributed by atoms with E-state index in [1.165, 1.54) is 53.3 Å². The lowest BCUT2D eigenvalue weighted by Gasteiger charge is -2.32. The molecule has 0 aromatic heterocycles. The first-order valence-electron chi connectivity index (χ1n) is 10.6. The maximum absolute atomic E-state index is 5.63. The van der Waals surface area contributed by atoms with Crippen LogP contribution in [-0.4, -0.2) is 12.9 Å². The second kappa shape index (κ2) is 7.51. The zero-order valence-corrected chi connectivity index (χ0v) is 19.1. The van der Waals surface area contributed by atoms with Crippen molar-refractivity contribution in [1.29, 1.82) is 0 Å². The van der Waals surface area contributed by atoms with Gasteiger partial charge in [-0.25, -0.2) is 0 Å². The molecule has 0 amide bonds. The number of hydrogen-bond donors (Lipinski definition) is 0. The summed E-state index contributed by atoms with van der Waals surface area (Å²) in [4.78, 5) is 4.02. The molecule has 4 aromatic carbocycles. The van der Waals surface area contributed by atoms with Crippen molar-refractivity contribution < 1.29 is 4.74 Å². The number of benzene rings is 4. The van der Waals surface area contributed by atoms with Crippen LogP contribution in [0.5, 0.6) is 5.75 Å². The molecule has 0 fully saturated rings. The third-order valence-corrected chi connectivity index (χ3v) is 8.71. The topological polar surface area (TPSA) is 9.23 Å². The highest BCUT2D eigenvalue weighted by atomic mass is 32.2. The molecule has 0 radical (unpaired) electrons. The fraction of sp³-hybridized carbons (Fsp3) is 0.143. The van der Waals surface area contributed by atoms with Gasteiger partial charge in [-0.1, -0.05) is 67.2 Å². The zero-order chi connectivity index (χ0) is 20.9. The number of ether oxygens (including phenoxy) is 1. The Hall–Kier alpha value is -2.62. The van der Waals surface area contributed by atoms with Gasteiger partial charge in [-0.05, 0) is 69.3 Å². The number of fused-ring (bicyclic) bond motifs is 5. The van der Waals surface area contributed by atoms with Crippen molar-refractivity contribution in [2.24, 2.45) is 5.92 Å². The van der Waals surface area contributed by atoms with Crippen LogP contribution in [0.2, 0.25) is 0 Å². The van der Waals surface area contributed by atoms with E-state index in [-0.39, 0.29) is 0 Å².